The van der Waals surface area contributed by atoms with Crippen molar-refractivity contribution in [3.63, 3.8) is 0 Å². The smallest absolute Gasteiger partial charge is 0.325 e. The fourth-order valence-electron chi connectivity index (χ4n) is 6.43. The van der Waals surface area contributed by atoms with Crippen molar-refractivity contribution in [1.29, 1.82) is 0 Å². The van der Waals surface area contributed by atoms with Gasteiger partial charge in [-0.2, -0.15) is 0 Å². The molecular formula is C33H46N4O6. The average molecular weight is 595 g/mol. The van der Waals surface area contributed by atoms with E-state index in [4.69, 9.17) is 14.2 Å². The summed E-state index contributed by atoms with van der Waals surface area (Å²) in [4.78, 5) is 29.0. The lowest BCUT2D eigenvalue weighted by atomic mass is 9.90. The van der Waals surface area contributed by atoms with Gasteiger partial charge in [0.15, 0.2) is 6.29 Å². The molecule has 3 fully saturated rings. The number of likely N-dealkylation sites (tertiary alicyclic amines) is 2. The lowest BCUT2D eigenvalue weighted by Crippen LogP contribution is -2.48. The van der Waals surface area contributed by atoms with E-state index < -0.39 is 18.3 Å². The SMILES string of the molecule is CCOC(=O)CNC(=O)Nc1ccc([C@@H]2O[C@H](CN3CCC[C@H]3CN3CCCC3)[C@H](C)[C@H](c3ccc(CO)cc3)O2)cc1. The standard InChI is InChI=1S/C33H46N4O6/c1-3-41-30(39)19-34-33(40)35-27-14-12-26(13-15-27)32-42-29(21-37-18-6-7-28(37)20-36-16-4-5-17-36)23(2)31(43-32)25-10-8-24(22-38)9-11-25/h8-15,23,28-29,31-32,38H,3-7,16-22H2,1-2H3,(H2,34,35,40)/t23-,28-,29+,31+,32+/m0/s1. The van der Waals surface area contributed by atoms with Gasteiger partial charge in [0.25, 0.3) is 0 Å². The van der Waals surface area contributed by atoms with E-state index >= 15 is 0 Å². The third kappa shape index (κ3) is 8.33. The molecule has 10 heteroatoms. The predicted octanol–water partition coefficient (Wildman–Crippen LogP) is 4.22. The van der Waals surface area contributed by atoms with Crippen LogP contribution in [0.25, 0.3) is 0 Å². The third-order valence-corrected chi connectivity index (χ3v) is 8.84. The molecule has 0 radical (unpaired) electrons. The Kier molecular flexibility index (Phi) is 11.0. The molecule has 3 heterocycles. The molecule has 2 aromatic rings. The van der Waals surface area contributed by atoms with Crippen molar-refractivity contribution in [2.24, 2.45) is 5.92 Å². The minimum Gasteiger partial charge on any atom is -0.465 e. The molecule has 0 aliphatic carbocycles. The van der Waals surface area contributed by atoms with Crippen molar-refractivity contribution >= 4 is 17.7 Å². The molecule has 3 aliphatic heterocycles. The average Bonchev–Trinajstić information content (AvgIpc) is 3.70. The Balaban J connectivity index is 1.28. The Labute approximate surface area is 254 Å². The van der Waals surface area contributed by atoms with Gasteiger partial charge in [-0.3, -0.25) is 9.69 Å². The van der Waals surface area contributed by atoms with Gasteiger partial charge in [-0.05, 0) is 75.5 Å². The van der Waals surface area contributed by atoms with Gasteiger partial charge in [0.1, 0.15) is 6.54 Å². The van der Waals surface area contributed by atoms with Gasteiger partial charge in [-0.1, -0.05) is 43.3 Å². The number of carbonyl (C=O) groups is 2. The van der Waals surface area contributed by atoms with Gasteiger partial charge < -0.3 is 34.9 Å². The molecule has 234 valence electrons. The second kappa shape index (κ2) is 15.1. The highest BCUT2D eigenvalue weighted by Gasteiger charge is 2.40. The van der Waals surface area contributed by atoms with Crippen LogP contribution in [0.3, 0.4) is 0 Å². The molecule has 43 heavy (non-hydrogen) atoms. The van der Waals surface area contributed by atoms with E-state index in [1.54, 1.807) is 19.1 Å². The van der Waals surface area contributed by atoms with Crippen molar-refractivity contribution in [3.05, 3.63) is 65.2 Å². The van der Waals surface area contributed by atoms with Crippen molar-refractivity contribution in [3.8, 4) is 0 Å². The molecule has 3 N–H and O–H groups in total. The van der Waals surface area contributed by atoms with Gasteiger partial charge in [0.05, 0.1) is 25.4 Å². The highest BCUT2D eigenvalue weighted by molar-refractivity contribution is 5.91. The molecule has 2 aromatic carbocycles. The summed E-state index contributed by atoms with van der Waals surface area (Å²) in [6.45, 7) is 9.49. The summed E-state index contributed by atoms with van der Waals surface area (Å²) in [5, 5.41) is 14.8. The van der Waals surface area contributed by atoms with E-state index in [0.717, 1.165) is 36.3 Å². The number of esters is 1. The molecular weight excluding hydrogens is 548 g/mol. The lowest BCUT2D eigenvalue weighted by molar-refractivity contribution is -0.276. The van der Waals surface area contributed by atoms with Crippen LogP contribution in [0, 0.1) is 5.92 Å². The molecule has 3 saturated heterocycles. The van der Waals surface area contributed by atoms with E-state index in [0.29, 0.717) is 11.7 Å². The van der Waals surface area contributed by atoms with Crippen LogP contribution >= 0.6 is 0 Å². The number of hydrogen-bond acceptors (Lipinski definition) is 8. The Bertz CT molecular complexity index is 1190. The largest absolute Gasteiger partial charge is 0.465 e. The molecule has 5 atom stereocenters. The molecule has 0 bridgehead atoms. The minimum atomic E-state index is -0.574. The number of nitrogens with zero attached hydrogens (tertiary/aromatic N) is 2. The second-order valence-electron chi connectivity index (χ2n) is 11.9. The van der Waals surface area contributed by atoms with E-state index in [-0.39, 0.29) is 37.9 Å². The first-order valence-electron chi connectivity index (χ1n) is 15.7. The first kappa shape index (κ1) is 31.4. The van der Waals surface area contributed by atoms with Crippen LogP contribution < -0.4 is 10.6 Å². The van der Waals surface area contributed by atoms with Crippen LogP contribution in [0.15, 0.2) is 48.5 Å². The molecule has 0 spiro atoms. The van der Waals surface area contributed by atoms with Gasteiger partial charge >= 0.3 is 12.0 Å². The number of anilines is 1. The van der Waals surface area contributed by atoms with Crippen LogP contribution in [0.1, 0.15) is 68.6 Å². The maximum Gasteiger partial charge on any atom is 0.325 e. The zero-order valence-corrected chi connectivity index (χ0v) is 25.4. The molecule has 0 aromatic heterocycles. The van der Waals surface area contributed by atoms with E-state index in [1.165, 1.54) is 38.8 Å². The van der Waals surface area contributed by atoms with Gasteiger partial charge in [-0.25, -0.2) is 4.79 Å². The van der Waals surface area contributed by atoms with Crippen LogP contribution in [0.5, 0.6) is 0 Å². The zero-order chi connectivity index (χ0) is 30.2. The number of nitrogens with one attached hydrogen (secondary N) is 2. The lowest BCUT2D eigenvalue weighted by Gasteiger charge is -2.43. The number of amides is 2. The number of hydrogen-bond donors (Lipinski definition) is 3. The van der Waals surface area contributed by atoms with Crippen LogP contribution in [-0.2, 0) is 25.6 Å². The molecule has 10 nitrogen and oxygen atoms in total. The number of aliphatic hydroxyl groups is 1. The topological polar surface area (TPSA) is 113 Å². The Hall–Kier alpha value is -3.02. The normalized spacial score (nSPS) is 26.3. The molecule has 0 saturated carbocycles. The first-order valence-corrected chi connectivity index (χ1v) is 15.7. The van der Waals surface area contributed by atoms with Crippen molar-refractivity contribution in [1.82, 2.24) is 15.1 Å². The molecule has 5 rings (SSSR count). The number of urea groups is 1. The summed E-state index contributed by atoms with van der Waals surface area (Å²) >= 11 is 0. The Morgan fingerprint density at radius 2 is 1.67 bits per heavy atom. The summed E-state index contributed by atoms with van der Waals surface area (Å²) in [5.74, 6) is -0.367. The first-order chi connectivity index (χ1) is 20.9. The summed E-state index contributed by atoms with van der Waals surface area (Å²) in [6, 6.07) is 15.5. The van der Waals surface area contributed by atoms with Crippen molar-refractivity contribution in [2.45, 2.75) is 70.7 Å². The van der Waals surface area contributed by atoms with Crippen molar-refractivity contribution in [2.75, 3.05) is 51.2 Å². The van der Waals surface area contributed by atoms with E-state index in [9.17, 15) is 14.7 Å². The quantitative estimate of drug-likeness (QED) is 0.332. The summed E-state index contributed by atoms with van der Waals surface area (Å²) in [5.41, 5.74) is 3.38. The maximum absolute atomic E-state index is 12.2. The summed E-state index contributed by atoms with van der Waals surface area (Å²) in [6.07, 6.45) is 4.26. The molecule has 2 amide bonds. The van der Waals surface area contributed by atoms with Gasteiger partial charge in [-0.15, -0.1) is 0 Å². The Morgan fingerprint density at radius 3 is 2.37 bits per heavy atom. The van der Waals surface area contributed by atoms with Crippen LogP contribution in [0.4, 0.5) is 10.5 Å². The summed E-state index contributed by atoms with van der Waals surface area (Å²) in [7, 11) is 0. The van der Waals surface area contributed by atoms with Crippen molar-refractivity contribution < 1.29 is 28.9 Å². The number of rotatable bonds is 11. The number of ether oxygens (including phenoxy) is 3. The molecule has 3 aliphatic rings. The van der Waals surface area contributed by atoms with Crippen LogP contribution in [0.2, 0.25) is 0 Å². The molecule has 0 unspecified atom stereocenters. The van der Waals surface area contributed by atoms with Gasteiger partial charge in [0, 0.05) is 36.3 Å². The monoisotopic (exact) mass is 594 g/mol. The fourth-order valence-corrected chi connectivity index (χ4v) is 6.43. The number of aliphatic hydroxyl groups excluding tert-OH is 1. The van der Waals surface area contributed by atoms with Gasteiger partial charge in [0.2, 0.25) is 0 Å². The third-order valence-electron chi connectivity index (χ3n) is 8.84. The highest BCUT2D eigenvalue weighted by Crippen LogP contribution is 2.42. The maximum atomic E-state index is 12.2. The predicted molar refractivity (Wildman–Crippen MR) is 163 cm³/mol. The number of carbonyl (C=O) groups excluding carboxylic acids is 2. The zero-order valence-electron chi connectivity index (χ0n) is 25.4. The fraction of sp³-hybridized carbons (Fsp3) is 0.576. The second-order valence-corrected chi connectivity index (χ2v) is 11.9. The highest BCUT2D eigenvalue weighted by atomic mass is 16.7. The van der Waals surface area contributed by atoms with Crippen LogP contribution in [-0.4, -0.2) is 84.9 Å². The number of benzene rings is 2. The van der Waals surface area contributed by atoms with E-state index in [1.807, 2.05) is 36.4 Å². The summed E-state index contributed by atoms with van der Waals surface area (Å²) < 4.78 is 18.2. The Morgan fingerprint density at radius 1 is 0.953 bits per heavy atom. The van der Waals surface area contributed by atoms with E-state index in [2.05, 4.69) is 27.4 Å². The minimum absolute atomic E-state index is 0.00428.